The van der Waals surface area contributed by atoms with Gasteiger partial charge >= 0.3 is 0 Å². The van der Waals surface area contributed by atoms with Crippen molar-refractivity contribution in [2.24, 2.45) is 0 Å². The molecule has 1 aromatic heterocycles. The van der Waals surface area contributed by atoms with Crippen molar-refractivity contribution in [1.82, 2.24) is 15.0 Å². The molecule has 0 N–H and O–H groups in total. The number of aromatic nitrogens is 3. The standard InChI is InChI=1S/C47H30N4O/c48-31-32-15-12-18-34(29-32)35-19-13-20-36(30-35)45-49-44(33-16-4-1-5-17-33)50-46(51-45)39-25-14-27-41-43(39)52-42-28-11-10-26-40(42)47(41,37-21-6-2-7-22-37)38-23-8-3-9-24-38/h1-30H. The first-order chi connectivity index (χ1) is 25.7. The molecule has 7 aromatic carbocycles. The third kappa shape index (κ3) is 5.22. The molecule has 0 atom stereocenters. The lowest BCUT2D eigenvalue weighted by Gasteiger charge is -2.42. The van der Waals surface area contributed by atoms with Crippen LogP contribution in [0.4, 0.5) is 0 Å². The van der Waals surface area contributed by atoms with Crippen molar-refractivity contribution in [1.29, 1.82) is 5.26 Å². The third-order valence-electron chi connectivity index (χ3n) is 9.69. The van der Waals surface area contributed by atoms with E-state index in [1.165, 1.54) is 0 Å². The topological polar surface area (TPSA) is 71.7 Å². The monoisotopic (exact) mass is 666 g/mol. The van der Waals surface area contributed by atoms with Crippen molar-refractivity contribution in [3.05, 3.63) is 210 Å². The van der Waals surface area contributed by atoms with Gasteiger partial charge in [0.2, 0.25) is 0 Å². The highest BCUT2D eigenvalue weighted by molar-refractivity contribution is 5.79. The Morgan fingerprint density at radius 2 is 0.962 bits per heavy atom. The fourth-order valence-corrected chi connectivity index (χ4v) is 7.35. The second-order valence-corrected chi connectivity index (χ2v) is 12.7. The number of nitriles is 1. The summed E-state index contributed by atoms with van der Waals surface area (Å²) in [5.41, 5.74) is 8.65. The van der Waals surface area contributed by atoms with Gasteiger partial charge < -0.3 is 4.74 Å². The van der Waals surface area contributed by atoms with Gasteiger partial charge in [0.25, 0.3) is 0 Å². The van der Waals surface area contributed by atoms with Crippen LogP contribution in [0.5, 0.6) is 11.5 Å². The molecular formula is C47H30N4O. The second kappa shape index (κ2) is 12.9. The zero-order chi connectivity index (χ0) is 34.9. The average molecular weight is 667 g/mol. The molecule has 1 aliphatic heterocycles. The number of hydrogen-bond donors (Lipinski definition) is 0. The Labute approximate surface area is 302 Å². The maximum absolute atomic E-state index is 9.53. The predicted molar refractivity (Wildman–Crippen MR) is 205 cm³/mol. The number of benzene rings is 7. The minimum absolute atomic E-state index is 0.506. The summed E-state index contributed by atoms with van der Waals surface area (Å²) < 4.78 is 6.92. The van der Waals surface area contributed by atoms with E-state index >= 15 is 0 Å². The first-order valence-electron chi connectivity index (χ1n) is 17.2. The molecule has 0 fully saturated rings. The summed E-state index contributed by atoms with van der Waals surface area (Å²) >= 11 is 0. The smallest absolute Gasteiger partial charge is 0.167 e. The highest BCUT2D eigenvalue weighted by Crippen LogP contribution is 2.57. The summed E-state index contributed by atoms with van der Waals surface area (Å²) in [5, 5.41) is 9.53. The van der Waals surface area contributed by atoms with Gasteiger partial charge in [-0.25, -0.2) is 15.0 Å². The first kappa shape index (κ1) is 30.9. The second-order valence-electron chi connectivity index (χ2n) is 12.7. The van der Waals surface area contributed by atoms with Crippen LogP contribution in [0.2, 0.25) is 0 Å². The predicted octanol–water partition coefficient (Wildman–Crippen LogP) is 10.9. The normalized spacial score (nSPS) is 12.5. The maximum Gasteiger partial charge on any atom is 0.167 e. The van der Waals surface area contributed by atoms with Gasteiger partial charge in [0.15, 0.2) is 17.5 Å². The third-order valence-corrected chi connectivity index (χ3v) is 9.69. The molecule has 0 saturated carbocycles. The SMILES string of the molecule is N#Cc1cccc(-c2cccc(-c3nc(-c4ccccc4)nc(-c4cccc5c4Oc4ccccc4C5(c4ccccc4)c4ccccc4)n3)c2)c1. The summed E-state index contributed by atoms with van der Waals surface area (Å²) in [5.74, 6) is 3.08. The quantitative estimate of drug-likeness (QED) is 0.177. The summed E-state index contributed by atoms with van der Waals surface area (Å²) in [6.45, 7) is 0. The van der Waals surface area contributed by atoms with Crippen LogP contribution in [0.3, 0.4) is 0 Å². The fourth-order valence-electron chi connectivity index (χ4n) is 7.35. The molecule has 0 aliphatic carbocycles. The lowest BCUT2D eigenvalue weighted by Crippen LogP contribution is -2.34. The Balaban J connectivity index is 1.29. The van der Waals surface area contributed by atoms with E-state index in [2.05, 4.69) is 97.1 Å². The zero-order valence-corrected chi connectivity index (χ0v) is 28.0. The summed E-state index contributed by atoms with van der Waals surface area (Å²) in [4.78, 5) is 15.3. The summed E-state index contributed by atoms with van der Waals surface area (Å²) in [6.07, 6.45) is 0. The first-order valence-corrected chi connectivity index (χ1v) is 17.2. The molecule has 5 heteroatoms. The van der Waals surface area contributed by atoms with E-state index in [-0.39, 0.29) is 0 Å². The Morgan fingerprint density at radius 1 is 0.442 bits per heavy atom. The summed E-state index contributed by atoms with van der Waals surface area (Å²) in [6, 6.07) is 63.7. The Hall–Kier alpha value is -7.16. The molecule has 2 heterocycles. The molecule has 52 heavy (non-hydrogen) atoms. The molecule has 0 radical (unpaired) electrons. The van der Waals surface area contributed by atoms with Crippen molar-refractivity contribution in [3.63, 3.8) is 0 Å². The molecule has 5 nitrogen and oxygen atoms in total. The Bertz CT molecular complexity index is 2580. The highest BCUT2D eigenvalue weighted by atomic mass is 16.5. The fraction of sp³-hybridized carbons (Fsp3) is 0.0213. The Morgan fingerprint density at radius 3 is 1.67 bits per heavy atom. The molecule has 0 saturated heterocycles. The lowest BCUT2D eigenvalue weighted by atomic mass is 9.63. The molecule has 0 amide bonds. The van der Waals surface area contributed by atoms with Crippen LogP contribution in [0.25, 0.3) is 45.3 Å². The van der Waals surface area contributed by atoms with Crippen molar-refractivity contribution >= 4 is 0 Å². The van der Waals surface area contributed by atoms with E-state index in [0.717, 1.165) is 55.8 Å². The van der Waals surface area contributed by atoms with Crippen LogP contribution in [-0.2, 0) is 5.41 Å². The van der Waals surface area contributed by atoms with Crippen molar-refractivity contribution < 1.29 is 4.74 Å². The van der Waals surface area contributed by atoms with Crippen LogP contribution >= 0.6 is 0 Å². The van der Waals surface area contributed by atoms with Gasteiger partial charge in [-0.05, 0) is 52.6 Å². The summed E-state index contributed by atoms with van der Waals surface area (Å²) in [7, 11) is 0. The van der Waals surface area contributed by atoms with E-state index in [1.54, 1.807) is 0 Å². The number of para-hydroxylation sites is 2. The molecular weight excluding hydrogens is 637 g/mol. The van der Waals surface area contributed by atoms with Crippen LogP contribution in [0.15, 0.2) is 182 Å². The number of hydrogen-bond acceptors (Lipinski definition) is 5. The van der Waals surface area contributed by atoms with Crippen LogP contribution < -0.4 is 4.74 Å². The number of nitrogens with zero attached hydrogens (tertiary/aromatic N) is 4. The van der Waals surface area contributed by atoms with Gasteiger partial charge in [-0.1, -0.05) is 152 Å². The molecule has 0 unspecified atom stereocenters. The van der Waals surface area contributed by atoms with Crippen molar-refractivity contribution in [3.8, 4) is 62.9 Å². The highest BCUT2D eigenvalue weighted by Gasteiger charge is 2.46. The minimum atomic E-state index is -0.673. The van der Waals surface area contributed by atoms with Gasteiger partial charge in [-0.2, -0.15) is 5.26 Å². The molecule has 0 spiro atoms. The number of ether oxygens (including phenoxy) is 1. The molecule has 0 bridgehead atoms. The minimum Gasteiger partial charge on any atom is -0.456 e. The van der Waals surface area contributed by atoms with E-state index in [1.807, 2.05) is 91.0 Å². The number of rotatable bonds is 6. The molecule has 1 aliphatic rings. The van der Waals surface area contributed by atoms with Crippen molar-refractivity contribution in [2.45, 2.75) is 5.41 Å². The van der Waals surface area contributed by atoms with E-state index < -0.39 is 5.41 Å². The largest absolute Gasteiger partial charge is 0.456 e. The van der Waals surface area contributed by atoms with E-state index in [4.69, 9.17) is 19.7 Å². The van der Waals surface area contributed by atoms with Gasteiger partial charge in [0.1, 0.15) is 11.5 Å². The van der Waals surface area contributed by atoms with Gasteiger partial charge in [0, 0.05) is 22.3 Å². The molecule has 9 rings (SSSR count). The number of fused-ring (bicyclic) bond motifs is 2. The van der Waals surface area contributed by atoms with Crippen molar-refractivity contribution in [2.75, 3.05) is 0 Å². The van der Waals surface area contributed by atoms with Crippen LogP contribution in [0.1, 0.15) is 27.8 Å². The van der Waals surface area contributed by atoms with Gasteiger partial charge in [-0.3, -0.25) is 0 Å². The Kier molecular flexibility index (Phi) is 7.68. The van der Waals surface area contributed by atoms with Gasteiger partial charge in [-0.15, -0.1) is 0 Å². The molecule has 8 aromatic rings. The van der Waals surface area contributed by atoms with Crippen LogP contribution in [0, 0.1) is 11.3 Å². The maximum atomic E-state index is 9.53. The van der Waals surface area contributed by atoms with Gasteiger partial charge in [0.05, 0.1) is 22.6 Å². The molecule has 244 valence electrons. The average Bonchev–Trinajstić information content (AvgIpc) is 3.23. The lowest BCUT2D eigenvalue weighted by molar-refractivity contribution is 0.436. The van der Waals surface area contributed by atoms with E-state index in [0.29, 0.717) is 28.8 Å². The zero-order valence-electron chi connectivity index (χ0n) is 28.0. The van der Waals surface area contributed by atoms with Crippen LogP contribution in [-0.4, -0.2) is 15.0 Å². The van der Waals surface area contributed by atoms with E-state index in [9.17, 15) is 5.26 Å².